The van der Waals surface area contributed by atoms with Gasteiger partial charge in [-0.15, -0.1) is 0 Å². The molecule has 0 unspecified atom stereocenters. The van der Waals surface area contributed by atoms with Gasteiger partial charge in [0.1, 0.15) is 25.0 Å². The molecule has 3 aromatic rings. The van der Waals surface area contributed by atoms with Gasteiger partial charge in [0.05, 0.1) is 35.5 Å². The monoisotopic (exact) mass is 487 g/mol. The number of carbonyl (C=O) groups excluding carboxylic acids is 2. The molecule has 1 amide bonds. The predicted octanol–water partition coefficient (Wildman–Crippen LogP) is 4.82. The van der Waals surface area contributed by atoms with Crippen LogP contribution in [0.3, 0.4) is 0 Å². The van der Waals surface area contributed by atoms with Crippen LogP contribution in [0.1, 0.15) is 29.3 Å². The van der Waals surface area contributed by atoms with Crippen molar-refractivity contribution < 1.29 is 27.5 Å². The molecule has 0 aliphatic heterocycles. The third-order valence-electron chi connectivity index (χ3n) is 5.07. The summed E-state index contributed by atoms with van der Waals surface area (Å²) in [5.41, 5.74) is 1.59. The molecule has 2 heterocycles. The van der Waals surface area contributed by atoms with E-state index in [0.717, 1.165) is 11.6 Å². The summed E-state index contributed by atoms with van der Waals surface area (Å²) < 4.78 is 45.9. The molecule has 184 valence electrons. The third-order valence-corrected chi connectivity index (χ3v) is 5.07. The van der Waals surface area contributed by atoms with Crippen LogP contribution in [0.25, 0.3) is 11.4 Å². The smallest absolute Gasteiger partial charge is 0.233 e. The van der Waals surface area contributed by atoms with E-state index in [0.29, 0.717) is 0 Å². The lowest BCUT2D eigenvalue weighted by molar-refractivity contribution is -0.120. The second-order valence-corrected chi connectivity index (χ2v) is 7.63. The summed E-state index contributed by atoms with van der Waals surface area (Å²) in [5.74, 6) is -2.88. The summed E-state index contributed by atoms with van der Waals surface area (Å²) >= 11 is 0. The molecule has 2 aromatic heterocycles. The molecule has 2 N–H and O–H groups in total. The van der Waals surface area contributed by atoms with Crippen molar-refractivity contribution in [1.29, 1.82) is 0 Å². The molecular weight excluding hydrogens is 463 g/mol. The van der Waals surface area contributed by atoms with Gasteiger partial charge in [-0.2, -0.15) is 0 Å². The summed E-state index contributed by atoms with van der Waals surface area (Å²) in [6.45, 7) is 1.12. The van der Waals surface area contributed by atoms with Crippen molar-refractivity contribution in [3.63, 3.8) is 0 Å². The molecule has 35 heavy (non-hydrogen) atoms. The van der Waals surface area contributed by atoms with E-state index in [1.807, 2.05) is 6.92 Å². The van der Waals surface area contributed by atoms with Gasteiger partial charge in [-0.3, -0.25) is 18.4 Å². The number of pyridine rings is 1. The van der Waals surface area contributed by atoms with Gasteiger partial charge in [-0.1, -0.05) is 6.92 Å². The number of benzene rings is 1. The fraction of sp³-hybridized carbons (Fsp3) is 0.292. The Morgan fingerprint density at radius 3 is 2.31 bits per heavy atom. The van der Waals surface area contributed by atoms with Crippen molar-refractivity contribution >= 4 is 28.9 Å². The van der Waals surface area contributed by atoms with E-state index in [2.05, 4.69) is 25.6 Å². The second-order valence-electron chi connectivity index (χ2n) is 7.63. The highest BCUT2D eigenvalue weighted by Crippen LogP contribution is 2.38. The van der Waals surface area contributed by atoms with Crippen molar-refractivity contribution in [2.24, 2.45) is 5.92 Å². The highest BCUT2D eigenvalue weighted by Gasteiger charge is 2.21. The number of Topliss-reactive ketones (excluding diaryl/α,β-unsaturated/α-hetero) is 1. The first-order valence-electron chi connectivity index (χ1n) is 10.7. The Morgan fingerprint density at radius 2 is 1.71 bits per heavy atom. The van der Waals surface area contributed by atoms with E-state index in [1.165, 1.54) is 25.4 Å². The maximum Gasteiger partial charge on any atom is 0.233 e. The van der Waals surface area contributed by atoms with Crippen molar-refractivity contribution in [2.45, 2.75) is 20.3 Å². The van der Waals surface area contributed by atoms with Crippen LogP contribution in [0.2, 0.25) is 0 Å². The number of anilines is 3. The van der Waals surface area contributed by atoms with Gasteiger partial charge >= 0.3 is 0 Å². The van der Waals surface area contributed by atoms with Crippen LogP contribution in [0.5, 0.6) is 5.75 Å². The molecule has 0 aliphatic carbocycles. The van der Waals surface area contributed by atoms with Crippen molar-refractivity contribution in [3.8, 4) is 17.1 Å². The average Bonchev–Trinajstić information content (AvgIpc) is 2.84. The molecule has 0 saturated heterocycles. The van der Waals surface area contributed by atoms with Gasteiger partial charge in [0.2, 0.25) is 5.91 Å². The van der Waals surface area contributed by atoms with E-state index >= 15 is 0 Å². The first kappa shape index (κ1) is 25.6. The number of alkyl halides is 2. The fourth-order valence-corrected chi connectivity index (χ4v) is 3.20. The first-order valence-corrected chi connectivity index (χ1v) is 10.7. The molecule has 0 spiro atoms. The van der Waals surface area contributed by atoms with Crippen LogP contribution in [0.15, 0.2) is 36.8 Å². The average molecular weight is 487 g/mol. The van der Waals surface area contributed by atoms with E-state index in [1.54, 1.807) is 19.3 Å². The highest BCUT2D eigenvalue weighted by atomic mass is 19.1. The van der Waals surface area contributed by atoms with Crippen LogP contribution >= 0.6 is 0 Å². The number of methoxy groups -OCH3 is 1. The zero-order valence-electron chi connectivity index (χ0n) is 19.4. The predicted molar refractivity (Wildman–Crippen MR) is 125 cm³/mol. The van der Waals surface area contributed by atoms with Crippen LogP contribution in [0.4, 0.5) is 30.4 Å². The van der Waals surface area contributed by atoms with E-state index < -0.39 is 31.0 Å². The minimum absolute atomic E-state index is 0.0467. The Morgan fingerprint density at radius 1 is 1.03 bits per heavy atom. The number of hydrogen-bond donors (Lipinski definition) is 2. The van der Waals surface area contributed by atoms with Crippen LogP contribution < -0.4 is 15.4 Å². The number of ketones is 1. The van der Waals surface area contributed by atoms with Gasteiger partial charge in [0.25, 0.3) is 0 Å². The number of rotatable bonds is 10. The molecule has 0 radical (unpaired) electrons. The lowest BCUT2D eigenvalue weighted by atomic mass is 10.1. The van der Waals surface area contributed by atoms with E-state index in [4.69, 9.17) is 4.74 Å². The molecule has 0 bridgehead atoms. The molecule has 0 fully saturated rings. The SMILES string of the molecule is CCC(=O)c1cnc(NC(=O)C(CF)CF)cc1Nc1cc(F)cc(-c2ncc(C)cn2)c1OC. The molecule has 8 nitrogen and oxygen atoms in total. The first-order chi connectivity index (χ1) is 16.8. The Labute approximate surface area is 200 Å². The largest absolute Gasteiger partial charge is 0.494 e. The van der Waals surface area contributed by atoms with Gasteiger partial charge in [-0.05, 0) is 18.6 Å². The van der Waals surface area contributed by atoms with Crippen LogP contribution in [-0.4, -0.2) is 47.1 Å². The number of nitrogens with one attached hydrogen (secondary N) is 2. The molecule has 3 rings (SSSR count). The molecule has 0 saturated carbocycles. The van der Waals surface area contributed by atoms with Gasteiger partial charge in [0.15, 0.2) is 17.4 Å². The van der Waals surface area contributed by atoms with Gasteiger partial charge in [-0.25, -0.2) is 19.3 Å². The zero-order chi connectivity index (χ0) is 25.5. The molecule has 11 heteroatoms. The Kier molecular flexibility index (Phi) is 8.34. The van der Waals surface area contributed by atoms with E-state index in [9.17, 15) is 22.8 Å². The highest BCUT2D eigenvalue weighted by molar-refractivity contribution is 6.02. The van der Waals surface area contributed by atoms with Crippen LogP contribution in [-0.2, 0) is 4.79 Å². The number of ether oxygens (including phenoxy) is 1. The molecule has 0 atom stereocenters. The van der Waals surface area contributed by atoms with Crippen molar-refractivity contribution in [1.82, 2.24) is 15.0 Å². The van der Waals surface area contributed by atoms with Gasteiger partial charge in [0, 0.05) is 37.1 Å². The van der Waals surface area contributed by atoms with E-state index in [-0.39, 0.29) is 52.1 Å². The molecule has 0 aliphatic rings. The number of aromatic nitrogens is 3. The number of amides is 1. The Bertz CT molecular complexity index is 1220. The Hall–Kier alpha value is -4.02. The topological polar surface area (TPSA) is 106 Å². The summed E-state index contributed by atoms with van der Waals surface area (Å²) in [4.78, 5) is 37.1. The minimum atomic E-state index is -1.48. The van der Waals surface area contributed by atoms with Crippen molar-refractivity contribution in [3.05, 3.63) is 53.7 Å². The lowest BCUT2D eigenvalue weighted by Crippen LogP contribution is -2.26. The quantitative estimate of drug-likeness (QED) is 0.395. The normalized spacial score (nSPS) is 10.8. The third kappa shape index (κ3) is 5.92. The number of hydrogen-bond acceptors (Lipinski definition) is 7. The Balaban J connectivity index is 2.06. The standard InChI is InChI=1S/C24H24F3N5O3/c1-4-20(33)17-12-28-21(32-24(34)14(8-25)9-26)7-18(17)31-19-6-15(27)5-16(22(19)35-3)23-29-10-13(2)11-30-23/h5-7,10-12,14H,4,8-9H2,1-3H3,(H2,28,31,32,34). The second kappa shape index (κ2) is 11.4. The molecular formula is C24H24F3N5O3. The minimum Gasteiger partial charge on any atom is -0.494 e. The maximum absolute atomic E-state index is 14.6. The number of halogens is 3. The molecule has 1 aromatic carbocycles. The zero-order valence-corrected chi connectivity index (χ0v) is 19.4. The summed E-state index contributed by atoms with van der Waals surface area (Å²) in [5, 5.41) is 5.29. The summed E-state index contributed by atoms with van der Waals surface area (Å²) in [6.07, 6.45) is 4.53. The number of aryl methyl sites for hydroxylation is 1. The van der Waals surface area contributed by atoms with Crippen LogP contribution in [0, 0.1) is 18.7 Å². The van der Waals surface area contributed by atoms with Crippen molar-refractivity contribution in [2.75, 3.05) is 31.1 Å². The number of nitrogens with zero attached hydrogens (tertiary/aromatic N) is 3. The summed E-state index contributed by atoms with van der Waals surface area (Å²) in [7, 11) is 1.39. The number of carbonyl (C=O) groups is 2. The lowest BCUT2D eigenvalue weighted by Gasteiger charge is -2.18. The fourth-order valence-electron chi connectivity index (χ4n) is 3.20. The summed E-state index contributed by atoms with van der Waals surface area (Å²) in [6, 6.07) is 3.71. The van der Waals surface area contributed by atoms with Gasteiger partial charge < -0.3 is 15.4 Å². The maximum atomic E-state index is 14.6.